The van der Waals surface area contributed by atoms with Gasteiger partial charge in [0.05, 0.1) is 0 Å². The third-order valence-corrected chi connectivity index (χ3v) is 3.10. The molecule has 0 unspecified atom stereocenters. The van der Waals surface area contributed by atoms with E-state index in [1.165, 1.54) is 25.7 Å². The molecule has 1 saturated carbocycles. The summed E-state index contributed by atoms with van der Waals surface area (Å²) >= 11 is 0. The van der Waals surface area contributed by atoms with E-state index >= 15 is 0 Å². The van der Waals surface area contributed by atoms with E-state index in [-0.39, 0.29) is 11.9 Å². The van der Waals surface area contributed by atoms with Crippen LogP contribution >= 0.6 is 0 Å². The van der Waals surface area contributed by atoms with Crippen LogP contribution in [0, 0.1) is 5.92 Å². The summed E-state index contributed by atoms with van der Waals surface area (Å²) in [5.74, 6) is 0.520. The fraction of sp³-hybridized carbons (Fsp3) is 0.800. The highest BCUT2D eigenvalue weighted by atomic mass is 16.2. The maximum atomic E-state index is 11.4. The first-order valence-corrected chi connectivity index (χ1v) is 5.34. The van der Waals surface area contributed by atoms with Crippen LogP contribution < -0.4 is 5.32 Å². The molecule has 0 spiro atoms. The Hall–Kier alpha value is -1.06. The zero-order chi connectivity index (χ0) is 9.97. The lowest BCUT2D eigenvalue weighted by atomic mass is 10.1. The first-order valence-electron chi connectivity index (χ1n) is 5.34. The Kier molecular flexibility index (Phi) is 2.70. The fourth-order valence-electron chi connectivity index (χ4n) is 2.28. The molecule has 0 aromatic rings. The minimum atomic E-state index is -0.201. The van der Waals surface area contributed by atoms with Crippen LogP contribution in [-0.4, -0.2) is 29.9 Å². The van der Waals surface area contributed by atoms with Gasteiger partial charge in [-0.25, -0.2) is 4.79 Å². The highest BCUT2D eigenvalue weighted by molar-refractivity contribution is 5.96. The van der Waals surface area contributed by atoms with Crippen molar-refractivity contribution in [3.05, 3.63) is 0 Å². The molecule has 4 nitrogen and oxygen atoms in total. The fourth-order valence-corrected chi connectivity index (χ4v) is 2.28. The number of hydrogen-bond donors (Lipinski definition) is 1. The Balaban J connectivity index is 1.85. The van der Waals surface area contributed by atoms with Gasteiger partial charge in [-0.1, -0.05) is 12.8 Å². The van der Waals surface area contributed by atoms with E-state index in [0.717, 1.165) is 6.54 Å². The lowest BCUT2D eigenvalue weighted by Gasteiger charge is -2.28. The van der Waals surface area contributed by atoms with Gasteiger partial charge in [-0.3, -0.25) is 10.1 Å². The van der Waals surface area contributed by atoms with Gasteiger partial charge >= 0.3 is 6.03 Å². The summed E-state index contributed by atoms with van der Waals surface area (Å²) in [6, 6.07) is -0.201. The third-order valence-electron chi connectivity index (χ3n) is 3.10. The number of urea groups is 1. The molecule has 1 saturated heterocycles. The molecule has 0 bridgehead atoms. The molecule has 0 aromatic carbocycles. The Morgan fingerprint density at radius 3 is 2.64 bits per heavy atom. The van der Waals surface area contributed by atoms with Gasteiger partial charge in [0.2, 0.25) is 5.91 Å². The van der Waals surface area contributed by atoms with E-state index in [1.54, 1.807) is 4.90 Å². The van der Waals surface area contributed by atoms with Crippen molar-refractivity contribution < 1.29 is 9.59 Å². The number of imide groups is 1. The number of carbonyl (C=O) groups is 2. The van der Waals surface area contributed by atoms with Gasteiger partial charge in [0.15, 0.2) is 0 Å². The molecular formula is C10H16N2O2. The Bertz CT molecular complexity index is 247. The summed E-state index contributed by atoms with van der Waals surface area (Å²) in [5.41, 5.74) is 0. The minimum absolute atomic E-state index is 0.141. The van der Waals surface area contributed by atoms with Crippen molar-refractivity contribution in [1.29, 1.82) is 0 Å². The minimum Gasteiger partial charge on any atom is -0.324 e. The maximum Gasteiger partial charge on any atom is 0.324 e. The van der Waals surface area contributed by atoms with Crippen LogP contribution in [0.2, 0.25) is 0 Å². The Morgan fingerprint density at radius 2 is 2.00 bits per heavy atom. The largest absolute Gasteiger partial charge is 0.324 e. The van der Waals surface area contributed by atoms with Crippen molar-refractivity contribution >= 4 is 11.9 Å². The average Bonchev–Trinajstić information content (AvgIpc) is 2.62. The molecule has 1 N–H and O–H groups in total. The van der Waals surface area contributed by atoms with Crippen LogP contribution in [0.1, 0.15) is 32.1 Å². The standard InChI is InChI=1S/C10H16N2O2/c13-9-5-6-12(10(14)11-9)7-8-3-1-2-4-8/h8H,1-7H2,(H,11,13,14). The summed E-state index contributed by atoms with van der Waals surface area (Å²) in [4.78, 5) is 24.1. The van der Waals surface area contributed by atoms with E-state index in [2.05, 4.69) is 5.32 Å². The second-order valence-electron chi connectivity index (χ2n) is 4.20. The highest BCUT2D eigenvalue weighted by Crippen LogP contribution is 2.25. The molecule has 0 aromatic heterocycles. The second kappa shape index (κ2) is 3.98. The molecule has 2 rings (SSSR count). The predicted octanol–water partition coefficient (Wildman–Crippen LogP) is 1.12. The summed E-state index contributed by atoms with van der Waals surface area (Å²) in [6.07, 6.45) is 5.51. The first-order chi connectivity index (χ1) is 6.75. The third kappa shape index (κ3) is 2.05. The van der Waals surface area contributed by atoms with Gasteiger partial charge < -0.3 is 4.90 Å². The van der Waals surface area contributed by atoms with Crippen molar-refractivity contribution in [3.8, 4) is 0 Å². The van der Waals surface area contributed by atoms with E-state index in [0.29, 0.717) is 18.9 Å². The molecule has 3 amide bonds. The van der Waals surface area contributed by atoms with Crippen molar-refractivity contribution in [2.75, 3.05) is 13.1 Å². The van der Waals surface area contributed by atoms with E-state index in [4.69, 9.17) is 0 Å². The number of amides is 3. The van der Waals surface area contributed by atoms with Gasteiger partial charge in [0.1, 0.15) is 0 Å². The molecule has 2 aliphatic rings. The van der Waals surface area contributed by atoms with Crippen LogP contribution in [-0.2, 0) is 4.79 Å². The first kappa shape index (κ1) is 9.49. The number of nitrogens with zero attached hydrogens (tertiary/aromatic N) is 1. The lowest BCUT2D eigenvalue weighted by molar-refractivity contribution is -0.121. The quantitative estimate of drug-likeness (QED) is 0.719. The van der Waals surface area contributed by atoms with Gasteiger partial charge in [0, 0.05) is 19.5 Å². The van der Waals surface area contributed by atoms with Crippen LogP contribution in [0.3, 0.4) is 0 Å². The molecule has 0 atom stereocenters. The second-order valence-corrected chi connectivity index (χ2v) is 4.20. The normalized spacial score (nSPS) is 24.1. The number of carbonyl (C=O) groups excluding carboxylic acids is 2. The molecular weight excluding hydrogens is 180 g/mol. The summed E-state index contributed by atoms with van der Waals surface area (Å²) in [7, 11) is 0. The van der Waals surface area contributed by atoms with Gasteiger partial charge in [-0.05, 0) is 18.8 Å². The van der Waals surface area contributed by atoms with Crippen molar-refractivity contribution in [2.24, 2.45) is 5.92 Å². The zero-order valence-electron chi connectivity index (χ0n) is 8.29. The van der Waals surface area contributed by atoms with Crippen LogP contribution in [0.4, 0.5) is 4.79 Å². The molecule has 4 heteroatoms. The summed E-state index contributed by atoms with van der Waals surface area (Å²) < 4.78 is 0. The average molecular weight is 196 g/mol. The van der Waals surface area contributed by atoms with Crippen LogP contribution in [0.25, 0.3) is 0 Å². The highest BCUT2D eigenvalue weighted by Gasteiger charge is 2.26. The summed E-state index contributed by atoms with van der Waals surface area (Å²) in [5, 5.41) is 2.35. The molecule has 1 heterocycles. The Labute approximate surface area is 83.6 Å². The van der Waals surface area contributed by atoms with Gasteiger partial charge in [-0.2, -0.15) is 0 Å². The molecule has 1 aliphatic carbocycles. The van der Waals surface area contributed by atoms with E-state index < -0.39 is 0 Å². The van der Waals surface area contributed by atoms with E-state index in [9.17, 15) is 9.59 Å². The smallest absolute Gasteiger partial charge is 0.324 e. The monoisotopic (exact) mass is 196 g/mol. The molecule has 2 fully saturated rings. The van der Waals surface area contributed by atoms with Crippen molar-refractivity contribution in [1.82, 2.24) is 10.2 Å². The molecule has 78 valence electrons. The summed E-state index contributed by atoms with van der Waals surface area (Å²) in [6.45, 7) is 1.43. The van der Waals surface area contributed by atoms with Crippen LogP contribution in [0.5, 0.6) is 0 Å². The lowest BCUT2D eigenvalue weighted by Crippen LogP contribution is -2.50. The zero-order valence-corrected chi connectivity index (χ0v) is 8.29. The van der Waals surface area contributed by atoms with Crippen LogP contribution in [0.15, 0.2) is 0 Å². The van der Waals surface area contributed by atoms with E-state index in [1.807, 2.05) is 0 Å². The number of rotatable bonds is 2. The number of nitrogens with one attached hydrogen (secondary N) is 1. The van der Waals surface area contributed by atoms with Gasteiger partial charge in [0.25, 0.3) is 0 Å². The Morgan fingerprint density at radius 1 is 1.29 bits per heavy atom. The maximum absolute atomic E-state index is 11.4. The van der Waals surface area contributed by atoms with Gasteiger partial charge in [-0.15, -0.1) is 0 Å². The SMILES string of the molecule is O=C1CCN(CC2CCCC2)C(=O)N1. The topological polar surface area (TPSA) is 49.4 Å². The molecule has 14 heavy (non-hydrogen) atoms. The molecule has 1 aliphatic heterocycles. The van der Waals surface area contributed by atoms with Crippen molar-refractivity contribution in [3.63, 3.8) is 0 Å². The molecule has 0 radical (unpaired) electrons. The van der Waals surface area contributed by atoms with Crippen molar-refractivity contribution in [2.45, 2.75) is 32.1 Å². The predicted molar refractivity (Wildman–Crippen MR) is 51.7 cm³/mol. The number of hydrogen-bond acceptors (Lipinski definition) is 2.